The highest BCUT2D eigenvalue weighted by molar-refractivity contribution is 6.06. The molecular formula is C47H33N. The van der Waals surface area contributed by atoms with Crippen molar-refractivity contribution in [3.63, 3.8) is 0 Å². The Morgan fingerprint density at radius 1 is 0.292 bits per heavy atom. The quantitative estimate of drug-likeness (QED) is 0.124. The summed E-state index contributed by atoms with van der Waals surface area (Å²) < 4.78 is 0. The van der Waals surface area contributed by atoms with Crippen molar-refractivity contribution in [2.75, 3.05) is 0 Å². The molecule has 0 amide bonds. The Hall–Kier alpha value is -6.49. The molecule has 0 spiro atoms. The molecule has 0 aliphatic carbocycles. The second kappa shape index (κ2) is 14.3. The van der Waals surface area contributed by atoms with Gasteiger partial charge in [0.1, 0.15) is 6.07 Å². The monoisotopic (exact) mass is 611 g/mol. The van der Waals surface area contributed by atoms with Gasteiger partial charge in [0.05, 0.1) is 5.57 Å². The lowest BCUT2D eigenvalue weighted by Crippen LogP contribution is -1.98. The van der Waals surface area contributed by atoms with Crippen LogP contribution in [-0.4, -0.2) is 0 Å². The van der Waals surface area contributed by atoms with Crippen molar-refractivity contribution >= 4 is 22.3 Å². The van der Waals surface area contributed by atoms with Crippen LogP contribution in [0.4, 0.5) is 0 Å². The molecule has 7 rings (SSSR count). The van der Waals surface area contributed by atoms with Crippen LogP contribution in [0.3, 0.4) is 0 Å². The molecule has 7 aromatic carbocycles. The third-order valence-electron chi connectivity index (χ3n) is 8.56. The predicted octanol–water partition coefficient (Wildman–Crippen LogP) is 11.8. The lowest BCUT2D eigenvalue weighted by atomic mass is 9.84. The highest BCUT2D eigenvalue weighted by Crippen LogP contribution is 2.39. The number of hydrogen-bond acceptors (Lipinski definition) is 1. The molecule has 7 aromatic rings. The van der Waals surface area contributed by atoms with Crippen LogP contribution in [0.1, 0.15) is 38.9 Å². The molecule has 1 heteroatoms. The average molecular weight is 612 g/mol. The van der Waals surface area contributed by atoms with Crippen molar-refractivity contribution in [1.82, 2.24) is 0 Å². The van der Waals surface area contributed by atoms with Crippen LogP contribution in [0.15, 0.2) is 200 Å². The van der Waals surface area contributed by atoms with Gasteiger partial charge >= 0.3 is 0 Å². The number of benzene rings is 7. The Morgan fingerprint density at radius 3 is 0.958 bits per heavy atom. The number of hydrogen-bond donors (Lipinski definition) is 0. The van der Waals surface area contributed by atoms with Crippen molar-refractivity contribution < 1.29 is 0 Å². The molecule has 0 N–H and O–H groups in total. The van der Waals surface area contributed by atoms with Crippen LogP contribution in [0.2, 0.25) is 0 Å². The standard InChI is InChI=1S/C47H33N/c48-34-44(35-18-6-1-7-19-35)45(36-20-8-2-9-21-36)42-30-16-28-40(32-42)41-29-17-31-43(33-41)47(39-26-14-5-15-27-39)46(37-22-10-3-11-23-37)38-24-12-4-13-25-38/h1-33H/b45-44+. The predicted molar refractivity (Wildman–Crippen MR) is 201 cm³/mol. The molecule has 1 nitrogen and oxygen atoms in total. The van der Waals surface area contributed by atoms with Crippen molar-refractivity contribution in [3.05, 3.63) is 239 Å². The van der Waals surface area contributed by atoms with Crippen molar-refractivity contribution in [2.45, 2.75) is 0 Å². The molecule has 0 aliphatic heterocycles. The summed E-state index contributed by atoms with van der Waals surface area (Å²) in [5, 5.41) is 10.5. The summed E-state index contributed by atoms with van der Waals surface area (Å²) in [7, 11) is 0. The van der Waals surface area contributed by atoms with E-state index in [-0.39, 0.29) is 0 Å². The molecule has 0 aliphatic rings. The van der Waals surface area contributed by atoms with E-state index >= 15 is 0 Å². The van der Waals surface area contributed by atoms with E-state index in [1.807, 2.05) is 48.5 Å². The highest BCUT2D eigenvalue weighted by Gasteiger charge is 2.18. The Bertz CT molecular complexity index is 2200. The Morgan fingerprint density at radius 2 is 0.583 bits per heavy atom. The van der Waals surface area contributed by atoms with Crippen LogP contribution in [0.25, 0.3) is 33.4 Å². The van der Waals surface area contributed by atoms with Crippen LogP contribution < -0.4 is 0 Å². The van der Waals surface area contributed by atoms with Crippen LogP contribution >= 0.6 is 0 Å². The third-order valence-corrected chi connectivity index (χ3v) is 8.56. The first-order valence-electron chi connectivity index (χ1n) is 16.2. The minimum atomic E-state index is 0.650. The first-order valence-corrected chi connectivity index (χ1v) is 16.2. The fourth-order valence-electron chi connectivity index (χ4n) is 6.36. The SMILES string of the molecule is N#C/C(=C(/c1ccccc1)c1cccc(-c2cccc(C(=C(c3ccccc3)c3ccccc3)c3ccccc3)c2)c1)c1ccccc1. The van der Waals surface area contributed by atoms with E-state index in [0.717, 1.165) is 55.6 Å². The zero-order chi connectivity index (χ0) is 32.5. The Kier molecular flexibility index (Phi) is 8.99. The van der Waals surface area contributed by atoms with E-state index in [4.69, 9.17) is 0 Å². The van der Waals surface area contributed by atoms with Gasteiger partial charge in [-0.25, -0.2) is 0 Å². The van der Waals surface area contributed by atoms with Gasteiger partial charge in [0.25, 0.3) is 0 Å². The summed E-state index contributed by atoms with van der Waals surface area (Å²) in [6.45, 7) is 0. The molecule has 0 aromatic heterocycles. The number of allylic oxidation sites excluding steroid dienone is 1. The number of nitrogens with zero attached hydrogens (tertiary/aromatic N) is 1. The van der Waals surface area contributed by atoms with Gasteiger partial charge in [-0.2, -0.15) is 5.26 Å². The fraction of sp³-hybridized carbons (Fsp3) is 0. The van der Waals surface area contributed by atoms with Crippen LogP contribution in [0.5, 0.6) is 0 Å². The molecule has 0 bridgehead atoms. The molecule has 0 heterocycles. The molecule has 0 unspecified atom stereocenters. The van der Waals surface area contributed by atoms with Crippen molar-refractivity contribution in [3.8, 4) is 17.2 Å². The summed E-state index contributed by atoms with van der Waals surface area (Å²) in [5.74, 6) is 0. The molecule has 0 saturated carbocycles. The Labute approximate surface area is 283 Å². The largest absolute Gasteiger partial charge is 0.192 e. The normalized spacial score (nSPS) is 11.2. The summed E-state index contributed by atoms with van der Waals surface area (Å²) in [6, 6.07) is 72.0. The maximum Gasteiger partial charge on any atom is 0.100 e. The van der Waals surface area contributed by atoms with E-state index < -0.39 is 0 Å². The number of nitriles is 1. The molecule has 0 fully saturated rings. The maximum atomic E-state index is 10.5. The van der Waals surface area contributed by atoms with Crippen molar-refractivity contribution in [2.24, 2.45) is 0 Å². The third kappa shape index (κ3) is 6.42. The second-order valence-corrected chi connectivity index (χ2v) is 11.6. The van der Waals surface area contributed by atoms with Crippen LogP contribution in [-0.2, 0) is 0 Å². The Balaban J connectivity index is 1.43. The summed E-state index contributed by atoms with van der Waals surface area (Å²) in [4.78, 5) is 0. The van der Waals surface area contributed by atoms with Crippen molar-refractivity contribution in [1.29, 1.82) is 5.26 Å². The van der Waals surface area contributed by atoms with Gasteiger partial charge in [-0.1, -0.05) is 188 Å². The zero-order valence-corrected chi connectivity index (χ0v) is 26.5. The maximum absolute atomic E-state index is 10.5. The fourth-order valence-corrected chi connectivity index (χ4v) is 6.36. The van der Waals surface area contributed by atoms with Gasteiger partial charge in [0.15, 0.2) is 0 Å². The smallest absolute Gasteiger partial charge is 0.100 e. The lowest BCUT2D eigenvalue weighted by Gasteiger charge is -2.19. The van der Waals surface area contributed by atoms with Gasteiger partial charge in [-0.15, -0.1) is 0 Å². The molecule has 0 atom stereocenters. The van der Waals surface area contributed by atoms with Gasteiger partial charge < -0.3 is 0 Å². The summed E-state index contributed by atoms with van der Waals surface area (Å²) in [6.07, 6.45) is 0. The van der Waals surface area contributed by atoms with E-state index in [1.54, 1.807) is 0 Å². The zero-order valence-electron chi connectivity index (χ0n) is 26.5. The molecule has 226 valence electrons. The van der Waals surface area contributed by atoms with Gasteiger partial charge in [-0.3, -0.25) is 0 Å². The van der Waals surface area contributed by atoms with E-state index in [9.17, 15) is 5.26 Å². The minimum Gasteiger partial charge on any atom is -0.192 e. The van der Waals surface area contributed by atoms with E-state index in [0.29, 0.717) is 5.57 Å². The van der Waals surface area contributed by atoms with Gasteiger partial charge in [-0.05, 0) is 73.4 Å². The first kappa shape index (κ1) is 30.2. The molecule has 0 saturated heterocycles. The highest BCUT2D eigenvalue weighted by atomic mass is 14.3. The lowest BCUT2D eigenvalue weighted by molar-refractivity contribution is 1.48. The molecule has 48 heavy (non-hydrogen) atoms. The second-order valence-electron chi connectivity index (χ2n) is 11.6. The minimum absolute atomic E-state index is 0.650. The van der Waals surface area contributed by atoms with E-state index in [2.05, 4.69) is 158 Å². The number of rotatable bonds is 8. The van der Waals surface area contributed by atoms with E-state index in [1.165, 1.54) is 11.1 Å². The van der Waals surface area contributed by atoms with Gasteiger partial charge in [0.2, 0.25) is 0 Å². The first-order chi connectivity index (χ1) is 23.8. The topological polar surface area (TPSA) is 23.8 Å². The molecular weight excluding hydrogens is 579 g/mol. The van der Waals surface area contributed by atoms with Gasteiger partial charge in [0, 0.05) is 5.57 Å². The summed E-state index contributed by atoms with van der Waals surface area (Å²) in [5.41, 5.74) is 13.6. The average Bonchev–Trinajstić information content (AvgIpc) is 3.17. The summed E-state index contributed by atoms with van der Waals surface area (Å²) >= 11 is 0. The van der Waals surface area contributed by atoms with Crippen LogP contribution in [0, 0.1) is 11.3 Å². The molecule has 0 radical (unpaired) electrons.